The van der Waals surface area contributed by atoms with Crippen molar-refractivity contribution in [1.82, 2.24) is 15.1 Å². The van der Waals surface area contributed by atoms with Crippen LogP contribution in [0.15, 0.2) is 48.5 Å². The summed E-state index contributed by atoms with van der Waals surface area (Å²) >= 11 is 0. The SMILES string of the molecule is Cc1cccc(-c2cccc(C3(C4CC4)NC(=N)N(CCCN(C)C)C3=O)c2)c1. The Kier molecular flexibility index (Phi) is 5.17. The third-order valence-electron chi connectivity index (χ3n) is 6.01. The number of amides is 1. The first kappa shape index (κ1) is 19.6. The van der Waals surface area contributed by atoms with Crippen molar-refractivity contribution in [1.29, 1.82) is 5.41 Å². The zero-order chi connectivity index (χ0) is 20.6. The minimum atomic E-state index is -0.797. The molecule has 2 fully saturated rings. The highest BCUT2D eigenvalue weighted by molar-refractivity contribution is 6.08. The lowest BCUT2D eigenvalue weighted by atomic mass is 9.83. The van der Waals surface area contributed by atoms with Crippen molar-refractivity contribution in [2.45, 2.75) is 31.7 Å². The molecule has 1 saturated carbocycles. The molecule has 1 aliphatic heterocycles. The Morgan fingerprint density at radius 1 is 1.14 bits per heavy atom. The molecule has 1 saturated heterocycles. The maximum atomic E-state index is 13.6. The summed E-state index contributed by atoms with van der Waals surface area (Å²) in [7, 11) is 4.06. The Morgan fingerprint density at radius 2 is 1.83 bits per heavy atom. The number of rotatable bonds is 7. The lowest BCUT2D eigenvalue weighted by Crippen LogP contribution is -2.46. The van der Waals surface area contributed by atoms with Crippen LogP contribution in [0.4, 0.5) is 0 Å². The van der Waals surface area contributed by atoms with Crippen LogP contribution in [0.1, 0.15) is 30.4 Å². The van der Waals surface area contributed by atoms with Gasteiger partial charge in [0.15, 0.2) is 5.96 Å². The largest absolute Gasteiger partial charge is 0.338 e. The fourth-order valence-electron chi connectivity index (χ4n) is 4.37. The number of hydrogen-bond donors (Lipinski definition) is 2. The number of benzene rings is 2. The van der Waals surface area contributed by atoms with Crippen molar-refractivity contribution in [3.63, 3.8) is 0 Å². The quantitative estimate of drug-likeness (QED) is 0.760. The maximum absolute atomic E-state index is 13.6. The van der Waals surface area contributed by atoms with Crippen molar-refractivity contribution in [3.8, 4) is 11.1 Å². The minimum Gasteiger partial charge on any atom is -0.338 e. The summed E-state index contributed by atoms with van der Waals surface area (Å²) in [5.74, 6) is 0.522. The first-order chi connectivity index (χ1) is 13.9. The molecule has 2 aliphatic rings. The van der Waals surface area contributed by atoms with Crippen LogP contribution in [0.2, 0.25) is 0 Å². The van der Waals surface area contributed by atoms with Gasteiger partial charge in [-0.15, -0.1) is 0 Å². The summed E-state index contributed by atoms with van der Waals surface area (Å²) in [6, 6.07) is 16.7. The van der Waals surface area contributed by atoms with E-state index in [9.17, 15) is 4.79 Å². The van der Waals surface area contributed by atoms with E-state index in [4.69, 9.17) is 5.41 Å². The summed E-state index contributed by atoms with van der Waals surface area (Å²) < 4.78 is 0. The second-order valence-electron chi connectivity index (χ2n) is 8.62. The first-order valence-electron chi connectivity index (χ1n) is 10.4. The van der Waals surface area contributed by atoms with E-state index in [2.05, 4.69) is 53.5 Å². The molecule has 1 amide bonds. The van der Waals surface area contributed by atoms with Gasteiger partial charge in [-0.25, -0.2) is 0 Å². The number of nitrogens with zero attached hydrogens (tertiary/aromatic N) is 2. The zero-order valence-electron chi connectivity index (χ0n) is 17.5. The highest BCUT2D eigenvalue weighted by Crippen LogP contribution is 2.49. The Labute approximate surface area is 173 Å². The van der Waals surface area contributed by atoms with E-state index in [1.807, 2.05) is 26.2 Å². The molecule has 1 unspecified atom stereocenters. The monoisotopic (exact) mass is 390 g/mol. The van der Waals surface area contributed by atoms with Crippen LogP contribution in [0, 0.1) is 18.3 Å². The van der Waals surface area contributed by atoms with Crippen molar-refractivity contribution >= 4 is 11.9 Å². The Hall–Kier alpha value is -2.66. The number of guanidine groups is 1. The van der Waals surface area contributed by atoms with Crippen molar-refractivity contribution in [3.05, 3.63) is 59.7 Å². The van der Waals surface area contributed by atoms with Crippen LogP contribution in [0.3, 0.4) is 0 Å². The normalized spacial score (nSPS) is 21.7. The predicted octanol–water partition coefficient (Wildman–Crippen LogP) is 3.59. The topological polar surface area (TPSA) is 59.4 Å². The van der Waals surface area contributed by atoms with Crippen LogP contribution >= 0.6 is 0 Å². The van der Waals surface area contributed by atoms with E-state index in [0.29, 0.717) is 6.54 Å². The fourth-order valence-corrected chi connectivity index (χ4v) is 4.37. The van der Waals surface area contributed by atoms with Gasteiger partial charge in [-0.05, 0) is 75.5 Å². The van der Waals surface area contributed by atoms with Gasteiger partial charge in [0, 0.05) is 6.54 Å². The van der Waals surface area contributed by atoms with Crippen LogP contribution < -0.4 is 5.32 Å². The molecule has 2 aromatic carbocycles. The summed E-state index contributed by atoms with van der Waals surface area (Å²) in [5, 5.41) is 11.8. The Bertz CT molecular complexity index is 934. The molecule has 1 heterocycles. The Morgan fingerprint density at radius 3 is 2.48 bits per heavy atom. The summed E-state index contributed by atoms with van der Waals surface area (Å²) in [6.45, 7) is 3.57. The molecule has 1 atom stereocenters. The van der Waals surface area contributed by atoms with Gasteiger partial charge in [0.2, 0.25) is 0 Å². The van der Waals surface area contributed by atoms with E-state index in [1.165, 1.54) is 5.56 Å². The number of aryl methyl sites for hydroxylation is 1. The first-order valence-corrected chi connectivity index (χ1v) is 10.4. The van der Waals surface area contributed by atoms with Crippen LogP contribution in [-0.4, -0.2) is 48.9 Å². The lowest BCUT2D eigenvalue weighted by Gasteiger charge is -2.28. The van der Waals surface area contributed by atoms with Gasteiger partial charge in [-0.3, -0.25) is 15.1 Å². The van der Waals surface area contributed by atoms with E-state index in [0.717, 1.165) is 42.5 Å². The van der Waals surface area contributed by atoms with Crippen LogP contribution in [0.5, 0.6) is 0 Å². The second kappa shape index (κ2) is 7.64. The third-order valence-corrected chi connectivity index (χ3v) is 6.01. The molecule has 5 nitrogen and oxygen atoms in total. The average molecular weight is 391 g/mol. The molecule has 29 heavy (non-hydrogen) atoms. The number of carbonyl (C=O) groups is 1. The van der Waals surface area contributed by atoms with Gasteiger partial charge in [-0.1, -0.05) is 48.0 Å². The highest BCUT2D eigenvalue weighted by atomic mass is 16.2. The number of carbonyl (C=O) groups excluding carboxylic acids is 1. The van der Waals surface area contributed by atoms with Gasteiger partial charge >= 0.3 is 0 Å². The predicted molar refractivity (Wildman–Crippen MR) is 117 cm³/mol. The molecular weight excluding hydrogens is 360 g/mol. The summed E-state index contributed by atoms with van der Waals surface area (Å²) in [5.41, 5.74) is 3.66. The average Bonchev–Trinajstić information content (AvgIpc) is 3.51. The van der Waals surface area contributed by atoms with Crippen molar-refractivity contribution in [2.24, 2.45) is 5.92 Å². The smallest absolute Gasteiger partial charge is 0.259 e. The molecule has 0 bridgehead atoms. The number of nitrogens with one attached hydrogen (secondary N) is 2. The van der Waals surface area contributed by atoms with Gasteiger partial charge < -0.3 is 10.2 Å². The maximum Gasteiger partial charge on any atom is 0.259 e. The van der Waals surface area contributed by atoms with Crippen molar-refractivity contribution < 1.29 is 4.79 Å². The molecule has 1 aliphatic carbocycles. The molecule has 0 radical (unpaired) electrons. The standard InChI is InChI=1S/C24H30N4O/c1-17-7-4-8-18(15-17)19-9-5-10-21(16-19)24(20-11-12-20)22(29)28(23(25)26-24)14-6-13-27(2)3/h4-5,7-10,15-16,20H,6,11-14H2,1-3H3,(H2,25,26). The fraction of sp³-hybridized carbons (Fsp3) is 0.417. The summed E-state index contributed by atoms with van der Waals surface area (Å²) in [6.07, 6.45) is 2.89. The van der Waals surface area contributed by atoms with Crippen molar-refractivity contribution in [2.75, 3.05) is 27.2 Å². The molecule has 0 aromatic heterocycles. The molecule has 0 spiro atoms. The third kappa shape index (κ3) is 3.67. The zero-order valence-corrected chi connectivity index (χ0v) is 17.5. The molecule has 4 rings (SSSR count). The van der Waals surface area contributed by atoms with Gasteiger partial charge in [0.25, 0.3) is 5.91 Å². The second-order valence-corrected chi connectivity index (χ2v) is 8.62. The van der Waals surface area contributed by atoms with E-state index in [-0.39, 0.29) is 17.8 Å². The molecule has 2 N–H and O–H groups in total. The van der Waals surface area contributed by atoms with Crippen LogP contribution in [0.25, 0.3) is 11.1 Å². The van der Waals surface area contributed by atoms with Gasteiger partial charge in [-0.2, -0.15) is 0 Å². The molecule has 152 valence electrons. The van der Waals surface area contributed by atoms with Crippen LogP contribution in [-0.2, 0) is 10.3 Å². The lowest BCUT2D eigenvalue weighted by molar-refractivity contribution is -0.132. The summed E-state index contributed by atoms with van der Waals surface area (Å²) in [4.78, 5) is 17.4. The van der Waals surface area contributed by atoms with Gasteiger partial charge in [0.05, 0.1) is 0 Å². The van der Waals surface area contributed by atoms with E-state index >= 15 is 0 Å². The van der Waals surface area contributed by atoms with E-state index in [1.54, 1.807) is 4.90 Å². The Balaban J connectivity index is 1.67. The molecular formula is C24H30N4O. The molecule has 5 heteroatoms. The molecule has 2 aromatic rings. The highest BCUT2D eigenvalue weighted by Gasteiger charge is 2.58. The minimum absolute atomic E-state index is 0.0325. The number of hydrogen-bond acceptors (Lipinski definition) is 3. The van der Waals surface area contributed by atoms with E-state index < -0.39 is 5.54 Å². The van der Waals surface area contributed by atoms with Gasteiger partial charge in [0.1, 0.15) is 5.54 Å².